The van der Waals surface area contributed by atoms with E-state index in [1.54, 1.807) is 42.2 Å². The Balaban J connectivity index is 1.48. The van der Waals surface area contributed by atoms with Crippen LogP contribution < -0.4 is 10.1 Å². The van der Waals surface area contributed by atoms with Gasteiger partial charge in [0.1, 0.15) is 29.0 Å². The van der Waals surface area contributed by atoms with Gasteiger partial charge in [-0.1, -0.05) is 12.1 Å². The Labute approximate surface area is 194 Å². The highest BCUT2D eigenvalue weighted by Crippen LogP contribution is 2.57. The Kier molecular flexibility index (Phi) is 4.59. The second kappa shape index (κ2) is 7.56. The fraction of sp³-hybridized carbons (Fsp3) is 0.292. The van der Waals surface area contributed by atoms with Crippen LogP contribution in [0.3, 0.4) is 0 Å². The van der Waals surface area contributed by atoms with Crippen molar-refractivity contribution in [2.45, 2.75) is 6.42 Å². The van der Waals surface area contributed by atoms with Gasteiger partial charge in [-0.3, -0.25) is 9.48 Å². The molecular formula is C24H21FN6O3. The lowest BCUT2D eigenvalue weighted by Crippen LogP contribution is -2.27. The van der Waals surface area contributed by atoms with Crippen molar-refractivity contribution in [3.8, 4) is 28.3 Å². The number of carbonyl (C=O) groups is 1. The van der Waals surface area contributed by atoms with E-state index in [4.69, 9.17) is 14.5 Å². The summed E-state index contributed by atoms with van der Waals surface area (Å²) in [6.45, 7) is 1.02. The Morgan fingerprint density at radius 3 is 2.85 bits per heavy atom. The number of nitrogens with one attached hydrogen (secondary N) is 1. The lowest BCUT2D eigenvalue weighted by Gasteiger charge is -2.15. The second-order valence-electron chi connectivity index (χ2n) is 8.70. The Hall–Kier alpha value is -3.92. The molecule has 2 atom stereocenters. The minimum atomic E-state index is -0.487. The van der Waals surface area contributed by atoms with Gasteiger partial charge in [0.15, 0.2) is 11.6 Å². The van der Waals surface area contributed by atoms with Crippen molar-refractivity contribution in [1.82, 2.24) is 24.7 Å². The molecule has 3 aromatic heterocycles. The molecule has 0 spiro atoms. The number of nitrogens with zero attached hydrogens (tertiary/aromatic N) is 5. The number of pyridine rings is 1. The fourth-order valence-corrected chi connectivity index (χ4v) is 4.66. The van der Waals surface area contributed by atoms with Crippen LogP contribution in [0.2, 0.25) is 0 Å². The summed E-state index contributed by atoms with van der Waals surface area (Å²) in [5, 5.41) is 7.40. The molecule has 4 heterocycles. The molecule has 10 heteroatoms. The van der Waals surface area contributed by atoms with Gasteiger partial charge in [0.25, 0.3) is 0 Å². The Bertz CT molecular complexity index is 1450. The topological polar surface area (TPSA) is 104 Å². The van der Waals surface area contributed by atoms with E-state index in [9.17, 15) is 9.18 Å². The quantitative estimate of drug-likeness (QED) is 0.488. The summed E-state index contributed by atoms with van der Waals surface area (Å²) < 4.78 is 27.2. The molecule has 6 rings (SSSR count). The molecule has 0 radical (unpaired) electrons. The number of anilines is 1. The van der Waals surface area contributed by atoms with Crippen molar-refractivity contribution in [2.75, 3.05) is 25.6 Å². The zero-order valence-corrected chi connectivity index (χ0v) is 18.6. The largest absolute Gasteiger partial charge is 0.493 e. The first-order valence-corrected chi connectivity index (χ1v) is 10.9. The van der Waals surface area contributed by atoms with E-state index in [1.165, 1.54) is 19.5 Å². The Morgan fingerprint density at radius 1 is 1.26 bits per heavy atom. The molecule has 1 amide bonds. The van der Waals surface area contributed by atoms with Gasteiger partial charge < -0.3 is 14.8 Å². The van der Waals surface area contributed by atoms with Crippen LogP contribution in [-0.2, 0) is 16.6 Å². The summed E-state index contributed by atoms with van der Waals surface area (Å²) in [4.78, 5) is 26.5. The van der Waals surface area contributed by atoms with Crippen molar-refractivity contribution in [3.63, 3.8) is 0 Å². The predicted octanol–water partition coefficient (Wildman–Crippen LogP) is 3.22. The second-order valence-corrected chi connectivity index (χ2v) is 8.70. The van der Waals surface area contributed by atoms with Crippen molar-refractivity contribution >= 4 is 22.8 Å². The molecule has 1 aliphatic carbocycles. The van der Waals surface area contributed by atoms with Crippen LogP contribution in [0.5, 0.6) is 5.75 Å². The number of benzene rings is 1. The molecule has 1 aromatic carbocycles. The average molecular weight is 460 g/mol. The third kappa shape index (κ3) is 3.13. The van der Waals surface area contributed by atoms with E-state index in [-0.39, 0.29) is 23.5 Å². The molecule has 0 bridgehead atoms. The predicted molar refractivity (Wildman–Crippen MR) is 121 cm³/mol. The molecule has 34 heavy (non-hydrogen) atoms. The molecule has 1 saturated heterocycles. The van der Waals surface area contributed by atoms with E-state index in [0.29, 0.717) is 52.5 Å². The van der Waals surface area contributed by atoms with Crippen molar-refractivity contribution in [1.29, 1.82) is 0 Å². The van der Waals surface area contributed by atoms with E-state index < -0.39 is 5.41 Å². The van der Waals surface area contributed by atoms with E-state index >= 15 is 0 Å². The first-order chi connectivity index (χ1) is 16.5. The Morgan fingerprint density at radius 2 is 2.12 bits per heavy atom. The third-order valence-corrected chi connectivity index (χ3v) is 6.60. The summed E-state index contributed by atoms with van der Waals surface area (Å²) in [6.07, 6.45) is 3.99. The van der Waals surface area contributed by atoms with Gasteiger partial charge in [-0.2, -0.15) is 5.10 Å². The maximum Gasteiger partial charge on any atom is 0.234 e. The number of carbonyl (C=O) groups excluding carboxylic acids is 1. The summed E-state index contributed by atoms with van der Waals surface area (Å²) in [6, 6.07) is 8.14. The normalized spacial score (nSPS) is 20.9. The number of halogens is 1. The number of amides is 1. The van der Waals surface area contributed by atoms with Crippen LogP contribution in [0.15, 0.2) is 42.9 Å². The molecule has 0 unspecified atom stereocenters. The highest BCUT2D eigenvalue weighted by Gasteiger charge is 2.63. The molecule has 1 N–H and O–H groups in total. The van der Waals surface area contributed by atoms with Crippen LogP contribution in [0, 0.1) is 17.2 Å². The zero-order valence-electron chi connectivity index (χ0n) is 18.6. The third-order valence-electron chi connectivity index (χ3n) is 6.60. The van der Waals surface area contributed by atoms with Crippen molar-refractivity contribution in [2.24, 2.45) is 18.4 Å². The van der Waals surface area contributed by atoms with Gasteiger partial charge in [0.05, 0.1) is 31.3 Å². The van der Waals surface area contributed by atoms with E-state index in [0.717, 1.165) is 6.42 Å². The minimum absolute atomic E-state index is 0.132. The van der Waals surface area contributed by atoms with Gasteiger partial charge in [0.2, 0.25) is 5.91 Å². The minimum Gasteiger partial charge on any atom is -0.493 e. The molecule has 2 aliphatic rings. The average Bonchev–Trinajstić information content (AvgIpc) is 3.18. The molecule has 172 valence electrons. The van der Waals surface area contributed by atoms with Gasteiger partial charge in [0, 0.05) is 36.4 Å². The number of ether oxygens (including phenoxy) is 2. The van der Waals surface area contributed by atoms with Crippen LogP contribution >= 0.6 is 0 Å². The fourth-order valence-electron chi connectivity index (χ4n) is 4.66. The lowest BCUT2D eigenvalue weighted by atomic mass is 10.0. The maximum absolute atomic E-state index is 14.6. The monoisotopic (exact) mass is 460 g/mol. The highest BCUT2D eigenvalue weighted by atomic mass is 19.1. The number of methoxy groups -OCH3 is 1. The zero-order chi connectivity index (χ0) is 23.4. The summed E-state index contributed by atoms with van der Waals surface area (Å²) in [7, 11) is 3.27. The standard InChI is InChI=1S/C24H21FN6O3/c1-31-9-15(19(30-31)14-5-3-4-6-16(14)25)20-21-17(26-12-27-20)7-18(33-2)22(28-21)29-23(32)24-8-13(24)10-34-11-24/h3-7,9,12-13H,8,10-11H2,1-2H3,(H,28,29,32)/t13-,24-/m1/s1. The smallest absolute Gasteiger partial charge is 0.234 e. The molecule has 1 saturated carbocycles. The first-order valence-electron chi connectivity index (χ1n) is 10.9. The number of hydrogen-bond donors (Lipinski definition) is 1. The number of hydrogen-bond acceptors (Lipinski definition) is 7. The number of rotatable bonds is 5. The van der Waals surface area contributed by atoms with E-state index in [1.807, 2.05) is 0 Å². The molecular weight excluding hydrogens is 439 g/mol. The number of aromatic nitrogens is 5. The van der Waals surface area contributed by atoms with Gasteiger partial charge in [-0.25, -0.2) is 19.3 Å². The number of fused-ring (bicyclic) bond motifs is 2. The molecule has 2 fully saturated rings. The van der Waals surface area contributed by atoms with Gasteiger partial charge >= 0.3 is 0 Å². The van der Waals surface area contributed by atoms with Gasteiger partial charge in [-0.15, -0.1) is 0 Å². The first kappa shape index (κ1) is 20.7. The summed E-state index contributed by atoms with van der Waals surface area (Å²) in [5.74, 6) is 0.391. The molecule has 9 nitrogen and oxygen atoms in total. The van der Waals surface area contributed by atoms with Crippen molar-refractivity contribution < 1.29 is 18.7 Å². The maximum atomic E-state index is 14.6. The van der Waals surface area contributed by atoms with Crippen LogP contribution in [0.4, 0.5) is 10.2 Å². The summed E-state index contributed by atoms with van der Waals surface area (Å²) >= 11 is 0. The molecule has 1 aliphatic heterocycles. The lowest BCUT2D eigenvalue weighted by molar-refractivity contribution is -0.121. The number of aryl methyl sites for hydroxylation is 1. The van der Waals surface area contributed by atoms with Crippen LogP contribution in [-0.4, -0.2) is 51.0 Å². The van der Waals surface area contributed by atoms with Crippen molar-refractivity contribution in [3.05, 3.63) is 48.7 Å². The SMILES string of the molecule is COc1cc2ncnc(-c3cn(C)nc3-c3ccccc3F)c2nc1NC(=O)[C@]12COC[C@H]1C2. The van der Waals surface area contributed by atoms with Crippen LogP contribution in [0.25, 0.3) is 33.5 Å². The highest BCUT2D eigenvalue weighted by molar-refractivity contribution is 6.01. The van der Waals surface area contributed by atoms with E-state index in [2.05, 4.69) is 20.4 Å². The molecule has 4 aromatic rings. The van der Waals surface area contributed by atoms with Crippen LogP contribution in [0.1, 0.15) is 6.42 Å². The van der Waals surface area contributed by atoms with Gasteiger partial charge in [-0.05, 0) is 18.6 Å². The summed E-state index contributed by atoms with van der Waals surface area (Å²) in [5.41, 5.74) is 2.34.